The summed E-state index contributed by atoms with van der Waals surface area (Å²) in [6.07, 6.45) is 4.05. The molecular formula is C10H16N4O. The standard InChI is InChI=1S/C10H16N4O/c11-7-8-3-4-12-10(13-8)14(5-6-15)9-1-2-9/h3-4,9,15H,1-2,5-7,11H2. The van der Waals surface area contributed by atoms with E-state index in [2.05, 4.69) is 14.9 Å². The molecule has 0 atom stereocenters. The topological polar surface area (TPSA) is 75.3 Å². The van der Waals surface area contributed by atoms with Crippen molar-refractivity contribution < 1.29 is 5.11 Å². The van der Waals surface area contributed by atoms with Gasteiger partial charge in [0.1, 0.15) is 0 Å². The van der Waals surface area contributed by atoms with Crippen LogP contribution in [-0.4, -0.2) is 34.3 Å². The monoisotopic (exact) mass is 208 g/mol. The lowest BCUT2D eigenvalue weighted by Gasteiger charge is -2.21. The Morgan fingerprint density at radius 3 is 2.93 bits per heavy atom. The van der Waals surface area contributed by atoms with Gasteiger partial charge in [-0.05, 0) is 18.9 Å². The van der Waals surface area contributed by atoms with Crippen molar-refractivity contribution in [2.75, 3.05) is 18.1 Å². The van der Waals surface area contributed by atoms with Gasteiger partial charge in [-0.25, -0.2) is 9.97 Å². The van der Waals surface area contributed by atoms with E-state index < -0.39 is 0 Å². The van der Waals surface area contributed by atoms with Gasteiger partial charge in [-0.2, -0.15) is 0 Å². The minimum atomic E-state index is 0.132. The van der Waals surface area contributed by atoms with Crippen LogP contribution in [0.3, 0.4) is 0 Å². The average Bonchev–Trinajstić information content (AvgIpc) is 3.10. The van der Waals surface area contributed by atoms with E-state index in [0.717, 1.165) is 18.5 Å². The zero-order valence-electron chi connectivity index (χ0n) is 8.63. The molecule has 1 saturated carbocycles. The van der Waals surface area contributed by atoms with Crippen LogP contribution in [0.4, 0.5) is 5.95 Å². The third-order valence-electron chi connectivity index (χ3n) is 2.50. The van der Waals surface area contributed by atoms with Crippen molar-refractivity contribution in [3.8, 4) is 0 Å². The Balaban J connectivity index is 2.16. The number of rotatable bonds is 5. The fourth-order valence-corrected chi connectivity index (χ4v) is 1.58. The fraction of sp³-hybridized carbons (Fsp3) is 0.600. The van der Waals surface area contributed by atoms with Crippen LogP contribution in [0.15, 0.2) is 12.3 Å². The summed E-state index contributed by atoms with van der Waals surface area (Å²) in [5, 5.41) is 8.98. The van der Waals surface area contributed by atoms with Gasteiger partial charge in [0.05, 0.1) is 12.3 Å². The SMILES string of the molecule is NCc1ccnc(N(CCO)C2CC2)n1. The number of aliphatic hydroxyl groups excluding tert-OH is 1. The smallest absolute Gasteiger partial charge is 0.225 e. The summed E-state index contributed by atoms with van der Waals surface area (Å²) in [5.41, 5.74) is 6.36. The predicted molar refractivity (Wildman–Crippen MR) is 57.4 cm³/mol. The maximum Gasteiger partial charge on any atom is 0.225 e. The zero-order chi connectivity index (χ0) is 10.7. The highest BCUT2D eigenvalue weighted by Crippen LogP contribution is 2.29. The molecule has 2 rings (SSSR count). The van der Waals surface area contributed by atoms with Crippen LogP contribution in [-0.2, 0) is 6.54 Å². The van der Waals surface area contributed by atoms with Gasteiger partial charge in [0.15, 0.2) is 0 Å². The minimum Gasteiger partial charge on any atom is -0.395 e. The Morgan fingerprint density at radius 2 is 2.33 bits per heavy atom. The van der Waals surface area contributed by atoms with Crippen molar-refractivity contribution in [1.82, 2.24) is 9.97 Å². The molecule has 0 unspecified atom stereocenters. The number of hydrogen-bond donors (Lipinski definition) is 2. The van der Waals surface area contributed by atoms with E-state index in [4.69, 9.17) is 10.8 Å². The molecule has 1 aromatic rings. The second-order valence-electron chi connectivity index (χ2n) is 3.70. The van der Waals surface area contributed by atoms with E-state index in [1.165, 1.54) is 0 Å². The van der Waals surface area contributed by atoms with Gasteiger partial charge in [-0.15, -0.1) is 0 Å². The first kappa shape index (κ1) is 10.3. The summed E-state index contributed by atoms with van der Waals surface area (Å²) < 4.78 is 0. The van der Waals surface area contributed by atoms with Crippen LogP contribution in [0, 0.1) is 0 Å². The van der Waals surface area contributed by atoms with E-state index in [-0.39, 0.29) is 6.61 Å². The molecule has 3 N–H and O–H groups in total. The predicted octanol–water partition coefficient (Wildman–Crippen LogP) is -0.104. The highest BCUT2D eigenvalue weighted by Gasteiger charge is 2.30. The molecule has 0 bridgehead atoms. The number of hydrogen-bond acceptors (Lipinski definition) is 5. The Kier molecular flexibility index (Phi) is 3.13. The van der Waals surface area contributed by atoms with Crippen LogP contribution >= 0.6 is 0 Å². The second kappa shape index (κ2) is 4.55. The van der Waals surface area contributed by atoms with E-state index in [1.54, 1.807) is 6.20 Å². The third-order valence-corrected chi connectivity index (χ3v) is 2.50. The van der Waals surface area contributed by atoms with Crippen LogP contribution in [0.25, 0.3) is 0 Å². The van der Waals surface area contributed by atoms with Gasteiger partial charge >= 0.3 is 0 Å². The molecule has 0 amide bonds. The lowest BCUT2D eigenvalue weighted by Crippen LogP contribution is -2.30. The Bertz CT molecular complexity index is 327. The summed E-state index contributed by atoms with van der Waals surface area (Å²) in [6, 6.07) is 2.32. The molecule has 1 fully saturated rings. The molecule has 1 aliphatic rings. The molecule has 0 spiro atoms. The van der Waals surface area contributed by atoms with Crippen LogP contribution in [0.1, 0.15) is 18.5 Å². The summed E-state index contributed by atoms with van der Waals surface area (Å²) >= 11 is 0. The lowest BCUT2D eigenvalue weighted by atomic mass is 10.4. The first-order chi connectivity index (χ1) is 7.35. The number of anilines is 1. The quantitative estimate of drug-likeness (QED) is 0.706. The molecule has 5 nitrogen and oxygen atoms in total. The van der Waals surface area contributed by atoms with Gasteiger partial charge < -0.3 is 15.7 Å². The van der Waals surface area contributed by atoms with E-state index in [0.29, 0.717) is 25.1 Å². The molecular weight excluding hydrogens is 192 g/mol. The van der Waals surface area contributed by atoms with Gasteiger partial charge in [0.25, 0.3) is 0 Å². The maximum absolute atomic E-state index is 8.98. The van der Waals surface area contributed by atoms with Crippen LogP contribution in [0.2, 0.25) is 0 Å². The summed E-state index contributed by atoms with van der Waals surface area (Å²) in [6.45, 7) is 1.15. The second-order valence-corrected chi connectivity index (χ2v) is 3.70. The van der Waals surface area contributed by atoms with Crippen molar-refractivity contribution in [3.63, 3.8) is 0 Å². The normalized spacial score (nSPS) is 15.3. The van der Waals surface area contributed by atoms with Crippen molar-refractivity contribution >= 4 is 5.95 Å². The minimum absolute atomic E-state index is 0.132. The van der Waals surface area contributed by atoms with Crippen LogP contribution in [0.5, 0.6) is 0 Å². The molecule has 1 heterocycles. The first-order valence-electron chi connectivity index (χ1n) is 5.24. The van der Waals surface area contributed by atoms with Gasteiger partial charge in [0.2, 0.25) is 5.95 Å². The van der Waals surface area contributed by atoms with Gasteiger partial charge in [-0.3, -0.25) is 0 Å². The molecule has 1 aromatic heterocycles. The average molecular weight is 208 g/mol. The molecule has 5 heteroatoms. The first-order valence-corrected chi connectivity index (χ1v) is 5.24. The number of aliphatic hydroxyl groups is 1. The van der Waals surface area contributed by atoms with Gasteiger partial charge in [0, 0.05) is 25.3 Å². The number of nitrogens with two attached hydrogens (primary N) is 1. The van der Waals surface area contributed by atoms with E-state index in [9.17, 15) is 0 Å². The molecule has 82 valence electrons. The maximum atomic E-state index is 8.98. The number of aromatic nitrogens is 2. The summed E-state index contributed by atoms with van der Waals surface area (Å²) in [5.74, 6) is 0.689. The molecule has 0 saturated heterocycles. The van der Waals surface area contributed by atoms with Crippen LogP contribution < -0.4 is 10.6 Å². The number of nitrogens with zero attached hydrogens (tertiary/aromatic N) is 3. The van der Waals surface area contributed by atoms with Gasteiger partial charge in [-0.1, -0.05) is 0 Å². The van der Waals surface area contributed by atoms with Crippen molar-refractivity contribution in [3.05, 3.63) is 18.0 Å². The van der Waals surface area contributed by atoms with Crippen molar-refractivity contribution in [2.24, 2.45) is 5.73 Å². The highest BCUT2D eigenvalue weighted by molar-refractivity contribution is 5.34. The summed E-state index contributed by atoms with van der Waals surface area (Å²) in [7, 11) is 0. The Hall–Kier alpha value is -1.20. The summed E-state index contributed by atoms with van der Waals surface area (Å²) in [4.78, 5) is 10.6. The third kappa shape index (κ3) is 2.43. The molecule has 0 aromatic carbocycles. The molecule has 0 aliphatic heterocycles. The molecule has 1 aliphatic carbocycles. The highest BCUT2D eigenvalue weighted by atomic mass is 16.3. The van der Waals surface area contributed by atoms with Crippen molar-refractivity contribution in [1.29, 1.82) is 0 Å². The largest absolute Gasteiger partial charge is 0.395 e. The Labute approximate surface area is 88.9 Å². The zero-order valence-corrected chi connectivity index (χ0v) is 8.63. The lowest BCUT2D eigenvalue weighted by molar-refractivity contribution is 0.300. The molecule has 15 heavy (non-hydrogen) atoms. The van der Waals surface area contributed by atoms with Crippen molar-refractivity contribution in [2.45, 2.75) is 25.4 Å². The van der Waals surface area contributed by atoms with E-state index >= 15 is 0 Å². The van der Waals surface area contributed by atoms with E-state index in [1.807, 2.05) is 6.07 Å². The fourth-order valence-electron chi connectivity index (χ4n) is 1.58. The Morgan fingerprint density at radius 1 is 1.53 bits per heavy atom. The molecule has 0 radical (unpaired) electrons.